The van der Waals surface area contributed by atoms with Crippen molar-refractivity contribution in [3.05, 3.63) is 45.7 Å². The molecule has 0 unspecified atom stereocenters. The number of hydrogen-bond acceptors (Lipinski definition) is 4. The third-order valence-corrected chi connectivity index (χ3v) is 3.34. The maximum Gasteiger partial charge on any atom is 0.273 e. The zero-order chi connectivity index (χ0) is 15.6. The second-order valence-electron chi connectivity index (χ2n) is 4.42. The number of aryl methyl sites for hydroxylation is 2. The normalized spacial score (nSPS) is 11.5. The highest BCUT2D eigenvalue weighted by Gasteiger charge is 2.15. The number of hydrogen-bond donors (Lipinski definition) is 3. The SMILES string of the molecule is Cc1cc(C(=O)Nc2cc(Br)ccc2/C(N)=N/O)n(C)n1. The molecule has 0 aliphatic rings. The van der Waals surface area contributed by atoms with Crippen molar-refractivity contribution in [1.29, 1.82) is 0 Å². The lowest BCUT2D eigenvalue weighted by Gasteiger charge is -2.10. The van der Waals surface area contributed by atoms with E-state index in [9.17, 15) is 4.79 Å². The Labute approximate surface area is 129 Å². The maximum atomic E-state index is 12.3. The van der Waals surface area contributed by atoms with Gasteiger partial charge in [0.2, 0.25) is 0 Å². The Morgan fingerprint density at radius 3 is 2.76 bits per heavy atom. The Hall–Kier alpha value is -2.35. The van der Waals surface area contributed by atoms with Crippen LogP contribution in [0.4, 0.5) is 5.69 Å². The lowest BCUT2D eigenvalue weighted by atomic mass is 10.1. The van der Waals surface area contributed by atoms with Gasteiger partial charge >= 0.3 is 0 Å². The standard InChI is InChI=1S/C13H14BrN5O2/c1-7-5-11(19(2)17-7)13(20)16-10-6-8(14)3-4-9(10)12(15)18-21/h3-6,21H,1-2H3,(H2,15,18)(H,16,20). The molecule has 2 rings (SSSR count). The number of halogens is 1. The Morgan fingerprint density at radius 2 is 2.19 bits per heavy atom. The topological polar surface area (TPSA) is 106 Å². The molecule has 2 aromatic rings. The van der Waals surface area contributed by atoms with Gasteiger partial charge in [0.05, 0.1) is 11.4 Å². The van der Waals surface area contributed by atoms with Crippen LogP contribution in [0.5, 0.6) is 0 Å². The molecule has 4 N–H and O–H groups in total. The van der Waals surface area contributed by atoms with Crippen LogP contribution in [0.15, 0.2) is 33.9 Å². The van der Waals surface area contributed by atoms with E-state index in [2.05, 4.69) is 31.5 Å². The average Bonchev–Trinajstić information content (AvgIpc) is 2.77. The first-order chi connectivity index (χ1) is 9.92. The second kappa shape index (κ2) is 5.96. The highest BCUT2D eigenvalue weighted by atomic mass is 79.9. The van der Waals surface area contributed by atoms with Gasteiger partial charge in [-0.05, 0) is 31.2 Å². The number of carbonyl (C=O) groups is 1. The molecule has 21 heavy (non-hydrogen) atoms. The van der Waals surface area contributed by atoms with E-state index in [1.54, 1.807) is 38.2 Å². The molecule has 110 valence electrons. The molecule has 0 saturated carbocycles. The summed E-state index contributed by atoms with van der Waals surface area (Å²) in [5.41, 5.74) is 7.63. The molecule has 0 saturated heterocycles. The first-order valence-corrected chi connectivity index (χ1v) is 6.81. The summed E-state index contributed by atoms with van der Waals surface area (Å²) < 4.78 is 2.25. The molecular formula is C13H14BrN5O2. The Balaban J connectivity index is 2.37. The number of nitrogens with one attached hydrogen (secondary N) is 1. The van der Waals surface area contributed by atoms with Crippen LogP contribution in [0.1, 0.15) is 21.7 Å². The molecule has 1 amide bonds. The largest absolute Gasteiger partial charge is 0.409 e. The molecule has 0 radical (unpaired) electrons. The molecule has 0 aliphatic carbocycles. The van der Waals surface area contributed by atoms with Crippen LogP contribution in [0.25, 0.3) is 0 Å². The monoisotopic (exact) mass is 351 g/mol. The fourth-order valence-electron chi connectivity index (χ4n) is 1.91. The first kappa shape index (κ1) is 15.0. The smallest absolute Gasteiger partial charge is 0.273 e. The van der Waals surface area contributed by atoms with Crippen molar-refractivity contribution in [3.63, 3.8) is 0 Å². The number of amidine groups is 1. The number of amides is 1. The molecule has 1 aromatic heterocycles. The van der Waals surface area contributed by atoms with Gasteiger partial charge in [-0.2, -0.15) is 5.10 Å². The van der Waals surface area contributed by atoms with Crippen molar-refractivity contribution in [3.8, 4) is 0 Å². The van der Waals surface area contributed by atoms with Gasteiger partial charge in [0, 0.05) is 17.1 Å². The highest BCUT2D eigenvalue weighted by Crippen LogP contribution is 2.22. The van der Waals surface area contributed by atoms with E-state index in [1.807, 2.05) is 0 Å². The van der Waals surface area contributed by atoms with E-state index in [-0.39, 0.29) is 11.7 Å². The van der Waals surface area contributed by atoms with Crippen molar-refractivity contribution >= 4 is 33.4 Å². The Kier molecular flexibility index (Phi) is 4.27. The van der Waals surface area contributed by atoms with Crippen molar-refractivity contribution in [2.24, 2.45) is 17.9 Å². The Morgan fingerprint density at radius 1 is 1.48 bits per heavy atom. The van der Waals surface area contributed by atoms with Crippen LogP contribution >= 0.6 is 15.9 Å². The summed E-state index contributed by atoms with van der Waals surface area (Å²) in [6.45, 7) is 1.80. The molecule has 0 spiro atoms. The van der Waals surface area contributed by atoms with Crippen LogP contribution in [0.2, 0.25) is 0 Å². The molecule has 1 aromatic carbocycles. The van der Waals surface area contributed by atoms with Crippen LogP contribution in [-0.2, 0) is 7.05 Å². The number of rotatable bonds is 3. The Bertz CT molecular complexity index is 723. The van der Waals surface area contributed by atoms with Crippen molar-refractivity contribution in [2.75, 3.05) is 5.32 Å². The van der Waals surface area contributed by atoms with Crippen molar-refractivity contribution < 1.29 is 10.0 Å². The average molecular weight is 352 g/mol. The molecule has 8 heteroatoms. The minimum atomic E-state index is -0.330. The van der Waals surface area contributed by atoms with Crippen molar-refractivity contribution in [1.82, 2.24) is 9.78 Å². The first-order valence-electron chi connectivity index (χ1n) is 6.02. The quantitative estimate of drug-likeness (QED) is 0.339. The number of oxime groups is 1. The van der Waals surface area contributed by atoms with Crippen molar-refractivity contribution in [2.45, 2.75) is 6.92 Å². The summed E-state index contributed by atoms with van der Waals surface area (Å²) >= 11 is 3.32. The van der Waals surface area contributed by atoms with E-state index < -0.39 is 0 Å². The number of carbonyl (C=O) groups excluding carboxylic acids is 1. The van der Waals surface area contributed by atoms with Gasteiger partial charge in [-0.1, -0.05) is 21.1 Å². The third-order valence-electron chi connectivity index (χ3n) is 2.85. The molecule has 7 nitrogen and oxygen atoms in total. The molecule has 1 heterocycles. The van der Waals surface area contributed by atoms with Gasteiger partial charge in [0.25, 0.3) is 5.91 Å². The minimum Gasteiger partial charge on any atom is -0.409 e. The van der Waals surface area contributed by atoms with Gasteiger partial charge in [0.1, 0.15) is 5.69 Å². The van der Waals surface area contributed by atoms with Gasteiger partial charge in [0.15, 0.2) is 5.84 Å². The number of anilines is 1. The third kappa shape index (κ3) is 3.22. The van der Waals surface area contributed by atoms with E-state index in [0.717, 1.165) is 10.2 Å². The van der Waals surface area contributed by atoms with Gasteiger partial charge < -0.3 is 16.3 Å². The molecule has 0 fully saturated rings. The van der Waals surface area contributed by atoms with Crippen LogP contribution < -0.4 is 11.1 Å². The summed E-state index contributed by atoms with van der Waals surface area (Å²) in [5.74, 6) is -0.415. The summed E-state index contributed by atoms with van der Waals surface area (Å²) in [6.07, 6.45) is 0. The van der Waals surface area contributed by atoms with E-state index in [1.165, 1.54) is 4.68 Å². The molecule has 0 atom stereocenters. The van der Waals surface area contributed by atoms with Gasteiger partial charge in [-0.3, -0.25) is 9.48 Å². The number of nitrogens with zero attached hydrogens (tertiary/aromatic N) is 3. The predicted octanol–water partition coefficient (Wildman–Crippen LogP) is 1.84. The van der Waals surface area contributed by atoms with Gasteiger partial charge in [-0.15, -0.1) is 0 Å². The molecular weight excluding hydrogens is 338 g/mol. The second-order valence-corrected chi connectivity index (χ2v) is 5.34. The highest BCUT2D eigenvalue weighted by molar-refractivity contribution is 9.10. The zero-order valence-electron chi connectivity index (χ0n) is 11.5. The summed E-state index contributed by atoms with van der Waals surface area (Å²) in [7, 11) is 1.69. The number of aromatic nitrogens is 2. The van der Waals surface area contributed by atoms with E-state index in [0.29, 0.717) is 16.9 Å². The fraction of sp³-hybridized carbons (Fsp3) is 0.154. The zero-order valence-corrected chi connectivity index (χ0v) is 13.0. The van der Waals surface area contributed by atoms with Crippen LogP contribution in [0, 0.1) is 6.92 Å². The van der Waals surface area contributed by atoms with Gasteiger partial charge in [-0.25, -0.2) is 0 Å². The summed E-state index contributed by atoms with van der Waals surface area (Å²) in [5, 5.41) is 18.6. The summed E-state index contributed by atoms with van der Waals surface area (Å²) in [4.78, 5) is 12.3. The van der Waals surface area contributed by atoms with E-state index >= 15 is 0 Å². The van der Waals surface area contributed by atoms with E-state index in [4.69, 9.17) is 10.9 Å². The predicted molar refractivity (Wildman–Crippen MR) is 82.6 cm³/mol. The molecule has 0 bridgehead atoms. The molecule has 0 aliphatic heterocycles. The number of benzene rings is 1. The summed E-state index contributed by atoms with van der Waals surface area (Å²) in [6, 6.07) is 6.73. The van der Waals surface area contributed by atoms with Crippen LogP contribution in [0.3, 0.4) is 0 Å². The maximum absolute atomic E-state index is 12.3. The fourth-order valence-corrected chi connectivity index (χ4v) is 2.27. The lowest BCUT2D eigenvalue weighted by Crippen LogP contribution is -2.20. The minimum absolute atomic E-state index is 0.0843. The lowest BCUT2D eigenvalue weighted by molar-refractivity contribution is 0.101. The van der Waals surface area contributed by atoms with Crippen LogP contribution in [-0.4, -0.2) is 26.7 Å². The number of nitrogens with two attached hydrogens (primary N) is 1.